The lowest BCUT2D eigenvalue weighted by atomic mass is 9.94. The van der Waals surface area contributed by atoms with E-state index in [1.165, 1.54) is 157 Å². The smallest absolute Gasteiger partial charge is 0.416 e. The van der Waals surface area contributed by atoms with Gasteiger partial charge in [-0.3, -0.25) is 4.90 Å². The van der Waals surface area contributed by atoms with Crippen LogP contribution in [0.25, 0.3) is 0 Å². The first-order chi connectivity index (χ1) is 71.4. The quantitative estimate of drug-likeness (QED) is 0.0330. The zero-order valence-electron chi connectivity index (χ0n) is 84.7. The molecule has 1 saturated heterocycles. The minimum Gasteiger partial charge on any atom is -0.493 e. The molecule has 0 spiro atoms. The Balaban J connectivity index is 0.000000125. The van der Waals surface area contributed by atoms with Gasteiger partial charge in [0.2, 0.25) is 0 Å². The zero-order valence-corrected chi connectivity index (χ0v) is 88.8. The number of aliphatic hydroxyl groups excluding tert-OH is 1. The van der Waals surface area contributed by atoms with Crippen molar-refractivity contribution in [3.05, 3.63) is 368 Å². The van der Waals surface area contributed by atoms with Crippen LogP contribution < -0.4 is 38.7 Å². The number of β-amino-alcohol motifs (C(OH)–C–C–N with tert-alkyl or cyclic N) is 1. The molecular weight excluding hydrogens is 1910 g/mol. The molecule has 1 aliphatic carbocycles. The lowest BCUT2D eigenvalue weighted by Crippen LogP contribution is -2.42. The second-order valence-electron chi connectivity index (χ2n) is 37.9. The molecule has 146 heavy (non-hydrogen) atoms. The molecule has 7 aliphatic rings. The number of rotatable bonds is 31. The molecule has 0 bridgehead atoms. The summed E-state index contributed by atoms with van der Waals surface area (Å²) in [6, 6.07) is 121. The second kappa shape index (κ2) is 52.6. The summed E-state index contributed by atoms with van der Waals surface area (Å²) in [4.78, 5) is 35.3. The summed E-state index contributed by atoms with van der Waals surface area (Å²) in [5, 5.41) is 10.9. The Morgan fingerprint density at radius 1 is 0.384 bits per heavy atom. The van der Waals surface area contributed by atoms with Gasteiger partial charge in [-0.25, -0.2) is 0 Å². The maximum absolute atomic E-state index is 13.4. The van der Waals surface area contributed by atoms with Crippen molar-refractivity contribution in [3.63, 3.8) is 0 Å². The number of benzene rings is 14. The molecule has 1 N–H and O–H groups in total. The molecule has 23 heteroatoms. The molecule has 0 aromatic heterocycles. The van der Waals surface area contributed by atoms with E-state index in [9.17, 15) is 18.3 Å². The van der Waals surface area contributed by atoms with Crippen molar-refractivity contribution in [1.82, 2.24) is 24.5 Å². The van der Waals surface area contributed by atoms with Crippen LogP contribution >= 0.6 is 58.8 Å². The van der Waals surface area contributed by atoms with Gasteiger partial charge >= 0.3 is 6.18 Å². The van der Waals surface area contributed by atoms with Gasteiger partial charge in [-0.05, 0) is 260 Å². The number of halogens is 3. The van der Waals surface area contributed by atoms with E-state index in [1.807, 2.05) is 108 Å². The van der Waals surface area contributed by atoms with Gasteiger partial charge in [0, 0.05) is 133 Å². The number of hydrogen-bond donors (Lipinski definition) is 1. The van der Waals surface area contributed by atoms with Gasteiger partial charge in [0.05, 0.1) is 102 Å². The second-order valence-corrected chi connectivity index (χ2v) is 43.4. The number of likely N-dealkylation sites (N-methyl/N-ethyl adjacent to an activating group) is 2. The Morgan fingerprint density at radius 3 is 1.25 bits per heavy atom. The lowest BCUT2D eigenvalue weighted by molar-refractivity contribution is -0.137. The van der Waals surface area contributed by atoms with Crippen LogP contribution in [0.3, 0.4) is 0 Å². The van der Waals surface area contributed by atoms with Crippen molar-refractivity contribution in [2.75, 3.05) is 146 Å². The topological polar surface area (TPSA) is 89.5 Å². The van der Waals surface area contributed by atoms with Crippen molar-refractivity contribution in [1.29, 1.82) is 0 Å². The number of ether oxygens (including phenoxy) is 4. The first-order valence-corrected chi connectivity index (χ1v) is 55.1. The predicted molar refractivity (Wildman–Crippen MR) is 601 cm³/mol. The van der Waals surface area contributed by atoms with Crippen LogP contribution in [0, 0.1) is 12.0 Å². The van der Waals surface area contributed by atoms with Gasteiger partial charge in [0.15, 0.2) is 17.8 Å². The fourth-order valence-electron chi connectivity index (χ4n) is 19.6. The number of anilines is 10. The Morgan fingerprint density at radius 2 is 0.795 bits per heavy atom. The number of fused-ring (bicyclic) bond motifs is 10. The van der Waals surface area contributed by atoms with E-state index in [0.717, 1.165) is 149 Å². The zero-order chi connectivity index (χ0) is 101. The molecule has 21 rings (SSSR count). The largest absolute Gasteiger partial charge is 0.493 e. The molecule has 14 aromatic carbocycles. The van der Waals surface area contributed by atoms with Crippen LogP contribution in [0.2, 0.25) is 0 Å². The van der Waals surface area contributed by atoms with E-state index in [4.69, 9.17) is 18.9 Å². The van der Waals surface area contributed by atoms with Crippen molar-refractivity contribution in [2.24, 2.45) is 0 Å². The third-order valence-electron chi connectivity index (χ3n) is 26.9. The van der Waals surface area contributed by atoms with E-state index in [0.29, 0.717) is 38.0 Å². The first-order valence-electron chi connectivity index (χ1n) is 51.0. The van der Waals surface area contributed by atoms with Crippen molar-refractivity contribution >= 4 is 116 Å². The first kappa shape index (κ1) is 105. The van der Waals surface area contributed by atoms with Gasteiger partial charge in [0.1, 0.15) is 5.75 Å². The minimum absolute atomic E-state index is 0.238. The average molecular weight is 2050 g/mol. The van der Waals surface area contributed by atoms with Gasteiger partial charge in [0.25, 0.3) is 0 Å². The van der Waals surface area contributed by atoms with E-state index >= 15 is 0 Å². The van der Waals surface area contributed by atoms with Crippen molar-refractivity contribution in [2.45, 2.75) is 170 Å². The number of nitrogens with zero attached hydrogens (tertiary/aromatic N) is 10. The number of para-hydroxylation sites is 8. The molecular formula is C123H133F3N10O5S5. The standard InChI is InChI=1S/C29H28N2S.C26H26N2O2S.C23H27F3N2O2S.C23H24N2S.C22H28N2OS/c1-3-12-24(13-4-1)22-30(23-25-14-5-2-6-15-25)20-11-21-31-26-16-7-9-18-28(26)32-29-19-10-8-17-27(29)31;1-27(18-15-20-13-14-23(29-2)24(19-20)30-3)16-8-17-28-21-9-4-6-11-25(21)31-26-12-7-5-10-22(26)28;1-27(2)11-5-12-28-18-9-8-17(30-22-6-3-4-13-29-22)15-21(18)31-20-10-7-16(14-19(20)28)23(24,25)26;1-24(18-19-10-3-2-4-11-19)16-9-17-25-20-12-5-7-14-22(20)26-23-15-8-6-13-21(23)25;1-23(17-9-3-2-4-10-17)15-18(25)16-24-19-11-5-7-13-21(19)26-22-14-8-6-12-20(22)24/h1-10,12-19H,11,20-23H2;4-7,9-14,19H,15,17-18H2,1-3H3;7-10,14-15,22H,3-6,11-13H2,1-2H3;2-8,10-15H,9,16-18H2,1H3;5-8,11-14,17-18,25H,2-4,9-10,15-16H2,1H3/t;;22-;;18-/m..0.1/s1. The van der Waals surface area contributed by atoms with Crippen LogP contribution in [0.4, 0.5) is 70.0 Å². The fraction of sp³-hybridized carbons (Fsp3) is 0.301. The summed E-state index contributed by atoms with van der Waals surface area (Å²) < 4.78 is 62.5. The summed E-state index contributed by atoms with van der Waals surface area (Å²) in [5.74, 6) is 5.59. The lowest BCUT2D eigenvalue weighted by Gasteiger charge is -2.36. The Kier molecular flexibility index (Phi) is 38.0. The van der Waals surface area contributed by atoms with Crippen LogP contribution in [-0.4, -0.2) is 170 Å². The third-order valence-corrected chi connectivity index (χ3v) is 32.5. The Labute approximate surface area is 883 Å². The Bertz CT molecular complexity index is 6390. The van der Waals surface area contributed by atoms with Crippen LogP contribution in [0.15, 0.2) is 389 Å². The molecule has 14 aromatic rings. The molecule has 1 saturated carbocycles. The van der Waals surface area contributed by atoms with Crippen molar-refractivity contribution in [3.8, 4) is 29.2 Å². The van der Waals surface area contributed by atoms with E-state index in [2.05, 4.69) is 356 Å². The molecule has 756 valence electrons. The van der Waals surface area contributed by atoms with E-state index in [1.54, 1.807) is 20.3 Å². The predicted octanol–water partition coefficient (Wildman–Crippen LogP) is 29.7. The highest BCUT2D eigenvalue weighted by atomic mass is 32.2. The molecule has 15 nitrogen and oxygen atoms in total. The Hall–Kier alpha value is -11.9. The highest BCUT2D eigenvalue weighted by Crippen LogP contribution is 2.55. The summed E-state index contributed by atoms with van der Waals surface area (Å²) in [6.07, 6.45) is 8.56. The van der Waals surface area contributed by atoms with Crippen molar-refractivity contribution < 1.29 is 37.2 Å². The molecule has 0 radical (unpaired) electrons. The highest BCUT2D eigenvalue weighted by Gasteiger charge is 2.36. The molecule has 0 unspecified atom stereocenters. The fourth-order valence-corrected chi connectivity index (χ4v) is 25.0. The van der Waals surface area contributed by atoms with Gasteiger partial charge < -0.3 is 68.2 Å². The van der Waals surface area contributed by atoms with Gasteiger partial charge in [-0.1, -0.05) is 278 Å². The van der Waals surface area contributed by atoms with E-state index < -0.39 is 11.7 Å². The minimum atomic E-state index is -4.37. The summed E-state index contributed by atoms with van der Waals surface area (Å²) in [5.41, 5.74) is 16.4. The summed E-state index contributed by atoms with van der Waals surface area (Å²) in [6.45, 7) is 12.2. The van der Waals surface area contributed by atoms with Crippen LogP contribution in [0.5, 0.6) is 17.2 Å². The van der Waals surface area contributed by atoms with Gasteiger partial charge in [-0.2, -0.15) is 13.2 Å². The monoisotopic (exact) mass is 2050 g/mol. The number of hydrogen-bond acceptors (Lipinski definition) is 20. The maximum Gasteiger partial charge on any atom is 0.416 e. The van der Waals surface area contributed by atoms with Gasteiger partial charge in [-0.15, -0.1) is 0 Å². The summed E-state index contributed by atoms with van der Waals surface area (Å²) >= 11 is 8.87. The summed E-state index contributed by atoms with van der Waals surface area (Å²) in [7, 11) is 13.7. The van der Waals surface area contributed by atoms with Crippen LogP contribution in [0.1, 0.15) is 98.4 Å². The van der Waals surface area contributed by atoms with Crippen LogP contribution in [-0.2, 0) is 37.0 Å². The third kappa shape index (κ3) is 28.5. The molecule has 0 amide bonds. The number of methoxy groups -OCH3 is 2. The highest BCUT2D eigenvalue weighted by molar-refractivity contribution is 8.00. The number of aliphatic hydroxyl groups is 1. The molecule has 6 heterocycles. The average Bonchev–Trinajstić information content (AvgIpc) is 0.765. The normalized spacial score (nSPS) is 14.7. The molecule has 6 aliphatic heterocycles. The molecule has 2 atom stereocenters. The van der Waals surface area contributed by atoms with E-state index in [-0.39, 0.29) is 12.4 Å². The SMILES string of the molecule is CN(C)CCCN1c2ccc(O[C@H]3CCCCO3)cc2Sc2ccc(C(F)(F)F)cc21.CN(CCCN1c2ccccc2Sc2ccccc21)Cc1ccccc1.CN(C[C@@H](O)CN1c2ccccc2Sc2ccccc21)C1CCCCC1.COc1ccc(CCN(C)C#CCN2c3ccccc3Sc3ccccc32)cc1OC.c1ccc(CN(CCCN2c3ccccc3Sc3ccccc32)Cc2ccccc2)cc1. The number of alkyl halides is 3. The maximum atomic E-state index is 13.4. The molecule has 2 fully saturated rings.